The lowest BCUT2D eigenvalue weighted by Gasteiger charge is -2.23. The molecule has 5 rings (SSSR count). The van der Waals surface area contributed by atoms with Crippen molar-refractivity contribution in [2.24, 2.45) is 0 Å². The van der Waals surface area contributed by atoms with Crippen LogP contribution in [-0.4, -0.2) is 45.7 Å². The van der Waals surface area contributed by atoms with Gasteiger partial charge in [0.05, 0.1) is 11.4 Å². The predicted octanol–water partition coefficient (Wildman–Crippen LogP) is 2.48. The molecule has 0 radical (unpaired) electrons. The van der Waals surface area contributed by atoms with E-state index in [1.807, 2.05) is 0 Å². The molecule has 0 aliphatic carbocycles. The summed E-state index contributed by atoms with van der Waals surface area (Å²) in [4.78, 5) is 81.9. The van der Waals surface area contributed by atoms with Gasteiger partial charge in [0.1, 0.15) is 11.4 Å². The van der Waals surface area contributed by atoms with Crippen molar-refractivity contribution in [1.82, 2.24) is 5.06 Å². The molecule has 4 amide bonds. The molecule has 2 aromatic rings. The lowest BCUT2D eigenvalue weighted by molar-refractivity contribution is -0.170. The molecule has 11 nitrogen and oxygen atoms in total. The monoisotopic (exact) mass is 447 g/mol. The van der Waals surface area contributed by atoms with Crippen LogP contribution in [0.15, 0.2) is 59.9 Å². The van der Waals surface area contributed by atoms with E-state index >= 15 is 0 Å². The van der Waals surface area contributed by atoms with Crippen molar-refractivity contribution in [2.75, 3.05) is 9.80 Å². The minimum Gasteiger partial charge on any atom is -0.464 e. The van der Waals surface area contributed by atoms with Gasteiger partial charge < -0.3 is 9.94 Å². The second-order valence-corrected chi connectivity index (χ2v) is 7.28. The van der Waals surface area contributed by atoms with E-state index < -0.39 is 47.0 Å². The Kier molecular flexibility index (Phi) is 4.34. The van der Waals surface area contributed by atoms with Crippen LogP contribution in [0.25, 0.3) is 0 Å². The number of hydroxylamine groups is 2. The average molecular weight is 447 g/mol. The minimum absolute atomic E-state index is 0.0168. The number of anilines is 2. The summed E-state index contributed by atoms with van der Waals surface area (Å²) < 4.78 is 0. The van der Waals surface area contributed by atoms with Gasteiger partial charge in [-0.3, -0.25) is 19.2 Å². The highest BCUT2D eigenvalue weighted by Gasteiger charge is 2.48. The number of carbonyl (C=O) groups is 6. The molecule has 1 N–H and O–H groups in total. The van der Waals surface area contributed by atoms with Crippen LogP contribution in [0, 0.1) is 0 Å². The van der Waals surface area contributed by atoms with Gasteiger partial charge in [-0.25, -0.2) is 19.4 Å². The number of amides is 4. The summed E-state index contributed by atoms with van der Waals surface area (Å²) in [7, 11) is 0. The zero-order valence-electron chi connectivity index (χ0n) is 16.7. The SMILES string of the molecule is O=C1/C(=C2/C(=O)c3ccccc3N2C(=O)ON2C(=O)CCC2=O)N(C(=O)O)c2ccccc21. The standard InChI is InChI=1S/C22H13N3O8/c26-15-9-10-16(27)25(15)33-22(32)24-14-8-4-2-6-12(14)20(29)18(24)17-19(28)11-5-1-3-7-13(11)23(17)21(30)31/h1-8H,9-10H2,(H,30,31)/b18-17+. The second-order valence-electron chi connectivity index (χ2n) is 7.28. The molecule has 0 saturated carbocycles. The topological polar surface area (TPSA) is 142 Å². The van der Waals surface area contributed by atoms with Crippen LogP contribution < -0.4 is 9.80 Å². The maximum Gasteiger partial charge on any atom is 0.444 e. The largest absolute Gasteiger partial charge is 0.464 e. The van der Waals surface area contributed by atoms with Crippen molar-refractivity contribution in [2.45, 2.75) is 12.8 Å². The molecule has 11 heteroatoms. The number of rotatable bonds is 1. The van der Waals surface area contributed by atoms with Crippen molar-refractivity contribution in [3.63, 3.8) is 0 Å². The fraction of sp³-hybridized carbons (Fsp3) is 0.0909. The number of hydrogen-bond acceptors (Lipinski definition) is 7. The normalized spacial score (nSPS) is 19.3. The van der Waals surface area contributed by atoms with Crippen molar-refractivity contribution in [3.8, 4) is 0 Å². The third-order valence-corrected chi connectivity index (χ3v) is 5.43. The van der Waals surface area contributed by atoms with Crippen molar-refractivity contribution in [3.05, 3.63) is 71.1 Å². The Bertz CT molecular complexity index is 1330. The minimum atomic E-state index is -1.54. The first-order valence-corrected chi connectivity index (χ1v) is 9.74. The highest BCUT2D eigenvalue weighted by Crippen LogP contribution is 2.42. The fourth-order valence-electron chi connectivity index (χ4n) is 4.01. The molecular formula is C22H13N3O8. The summed E-state index contributed by atoms with van der Waals surface area (Å²) in [5.74, 6) is -3.05. The lowest BCUT2D eigenvalue weighted by atomic mass is 10.1. The van der Waals surface area contributed by atoms with Crippen LogP contribution in [0.4, 0.5) is 21.0 Å². The van der Waals surface area contributed by atoms with Gasteiger partial charge >= 0.3 is 12.2 Å². The first-order valence-electron chi connectivity index (χ1n) is 9.74. The molecule has 0 unspecified atom stereocenters. The maximum absolute atomic E-state index is 13.3. The fourth-order valence-corrected chi connectivity index (χ4v) is 4.01. The molecule has 1 saturated heterocycles. The number of Topliss-reactive ketones (excluding diaryl/α,β-unsaturated/α-hetero) is 2. The number of allylic oxidation sites excluding steroid dienone is 2. The Hall–Kier alpha value is -4.80. The molecule has 0 bridgehead atoms. The smallest absolute Gasteiger partial charge is 0.444 e. The van der Waals surface area contributed by atoms with Gasteiger partial charge in [0.2, 0.25) is 11.6 Å². The van der Waals surface area contributed by atoms with E-state index in [1.54, 1.807) is 0 Å². The number of para-hydroxylation sites is 2. The quantitative estimate of drug-likeness (QED) is 0.519. The van der Waals surface area contributed by atoms with Crippen molar-refractivity contribution in [1.29, 1.82) is 0 Å². The number of nitrogens with zero attached hydrogens (tertiary/aromatic N) is 3. The number of fused-ring (bicyclic) bond motifs is 2. The molecule has 3 heterocycles. The van der Waals surface area contributed by atoms with Crippen molar-refractivity contribution < 1.29 is 38.7 Å². The zero-order chi connectivity index (χ0) is 23.4. The molecule has 3 aliphatic heterocycles. The van der Waals surface area contributed by atoms with E-state index in [0.717, 1.165) is 0 Å². The van der Waals surface area contributed by atoms with Gasteiger partial charge in [-0.05, 0) is 24.3 Å². The number of carboxylic acid groups (broad SMARTS) is 1. The summed E-state index contributed by atoms with van der Waals surface area (Å²) >= 11 is 0. The number of imide groups is 1. The average Bonchev–Trinajstić information content (AvgIpc) is 3.39. The molecule has 164 valence electrons. The number of carbonyl (C=O) groups excluding carboxylic acids is 5. The Morgan fingerprint density at radius 3 is 1.70 bits per heavy atom. The van der Waals surface area contributed by atoms with Crippen LogP contribution in [0.3, 0.4) is 0 Å². The van der Waals surface area contributed by atoms with Crippen LogP contribution in [0.1, 0.15) is 33.6 Å². The van der Waals surface area contributed by atoms with E-state index in [9.17, 15) is 33.9 Å². The van der Waals surface area contributed by atoms with Crippen LogP contribution in [0.5, 0.6) is 0 Å². The number of hydrogen-bond donors (Lipinski definition) is 1. The molecule has 0 spiro atoms. The summed E-state index contributed by atoms with van der Waals surface area (Å²) in [5, 5.41) is 10.1. The second kappa shape index (κ2) is 7.12. The molecule has 2 aromatic carbocycles. The van der Waals surface area contributed by atoms with E-state index in [0.29, 0.717) is 14.9 Å². The van der Waals surface area contributed by atoms with E-state index in [1.165, 1.54) is 48.5 Å². The Balaban J connectivity index is 1.69. The van der Waals surface area contributed by atoms with Gasteiger partial charge in [0, 0.05) is 24.0 Å². The number of ketones is 2. The van der Waals surface area contributed by atoms with E-state index in [2.05, 4.69) is 0 Å². The molecule has 1 fully saturated rings. The highest BCUT2D eigenvalue weighted by molar-refractivity contribution is 6.33. The molecule has 0 atom stereocenters. The van der Waals surface area contributed by atoms with Gasteiger partial charge in [0.15, 0.2) is 0 Å². The molecule has 3 aliphatic rings. The zero-order valence-corrected chi connectivity index (χ0v) is 16.7. The summed E-state index contributed by atoms with van der Waals surface area (Å²) in [6.07, 6.45) is -3.14. The maximum atomic E-state index is 13.3. The summed E-state index contributed by atoms with van der Waals surface area (Å²) in [6, 6.07) is 11.7. The van der Waals surface area contributed by atoms with E-state index in [-0.39, 0.29) is 35.3 Å². The Labute approximate surface area is 185 Å². The first-order chi connectivity index (χ1) is 15.8. The highest BCUT2D eigenvalue weighted by atomic mass is 16.7. The van der Waals surface area contributed by atoms with Crippen LogP contribution >= 0.6 is 0 Å². The van der Waals surface area contributed by atoms with E-state index in [4.69, 9.17) is 4.84 Å². The van der Waals surface area contributed by atoms with Crippen molar-refractivity contribution >= 4 is 46.9 Å². The third-order valence-electron chi connectivity index (χ3n) is 5.43. The lowest BCUT2D eigenvalue weighted by Crippen LogP contribution is -2.41. The third kappa shape index (κ3) is 2.82. The Morgan fingerprint density at radius 2 is 1.18 bits per heavy atom. The van der Waals surface area contributed by atoms with Gasteiger partial charge in [-0.15, -0.1) is 5.06 Å². The van der Waals surface area contributed by atoms with Gasteiger partial charge in [0.25, 0.3) is 11.8 Å². The Morgan fingerprint density at radius 1 is 0.727 bits per heavy atom. The van der Waals surface area contributed by atoms with Crippen LogP contribution in [-0.2, 0) is 14.4 Å². The summed E-state index contributed by atoms with van der Waals surface area (Å²) in [5.41, 5.74) is -1.01. The number of benzene rings is 2. The molecule has 33 heavy (non-hydrogen) atoms. The van der Waals surface area contributed by atoms with Crippen LogP contribution in [0.2, 0.25) is 0 Å². The molecule has 0 aromatic heterocycles. The van der Waals surface area contributed by atoms with Gasteiger partial charge in [-0.1, -0.05) is 24.3 Å². The van der Waals surface area contributed by atoms with Gasteiger partial charge in [-0.2, -0.15) is 0 Å². The summed E-state index contributed by atoms with van der Waals surface area (Å²) in [6.45, 7) is 0. The predicted molar refractivity (Wildman–Crippen MR) is 109 cm³/mol. The molecular weight excluding hydrogens is 434 g/mol. The first kappa shape index (κ1) is 20.1.